The molecular weight excluding hydrogens is 308 g/mol. The summed E-state index contributed by atoms with van der Waals surface area (Å²) in [4.78, 5) is 15.7. The Hall–Kier alpha value is -1.72. The van der Waals surface area contributed by atoms with Gasteiger partial charge in [-0.3, -0.25) is 0 Å². The highest BCUT2D eigenvalue weighted by atomic mass is 16.6. The zero-order valence-corrected chi connectivity index (χ0v) is 13.1. The van der Waals surface area contributed by atoms with E-state index < -0.39 is 42.4 Å². The van der Waals surface area contributed by atoms with Gasteiger partial charge in [0.25, 0.3) is 0 Å². The second-order valence-corrected chi connectivity index (χ2v) is 6.39. The first kappa shape index (κ1) is 17.6. The zero-order chi connectivity index (χ0) is 17.5. The predicted octanol–water partition coefficient (Wildman–Crippen LogP) is -1.61. The van der Waals surface area contributed by atoms with Gasteiger partial charge in [-0.25, -0.2) is 9.36 Å². The van der Waals surface area contributed by atoms with Crippen molar-refractivity contribution in [2.75, 3.05) is 17.4 Å². The minimum atomic E-state index is -1.51. The first-order valence-corrected chi connectivity index (χ1v) is 7.06. The maximum absolute atomic E-state index is 12.5. The van der Waals surface area contributed by atoms with Crippen LogP contribution in [0.3, 0.4) is 0 Å². The van der Waals surface area contributed by atoms with Crippen LogP contribution in [0.4, 0.5) is 11.6 Å². The van der Waals surface area contributed by atoms with Crippen molar-refractivity contribution in [2.24, 2.45) is 0 Å². The molecule has 0 aliphatic carbocycles. The molecule has 1 aromatic rings. The van der Waals surface area contributed by atoms with Gasteiger partial charge in [0.1, 0.15) is 29.9 Å². The Kier molecular flexibility index (Phi) is 4.64. The van der Waals surface area contributed by atoms with Crippen LogP contribution in [0, 0.1) is 0 Å². The average Bonchev–Trinajstić information content (AvgIpc) is 2.72. The molecule has 0 aromatic carbocycles. The Morgan fingerprint density at radius 2 is 2.00 bits per heavy atom. The van der Waals surface area contributed by atoms with E-state index in [4.69, 9.17) is 15.6 Å². The Labute approximate surface area is 132 Å². The number of nitrogens with two attached hydrogens (primary N) is 1. The van der Waals surface area contributed by atoms with Crippen LogP contribution in [0.15, 0.2) is 10.9 Å². The lowest BCUT2D eigenvalue weighted by Gasteiger charge is -2.32. The summed E-state index contributed by atoms with van der Waals surface area (Å²) in [6.07, 6.45) is -5.36. The molecular formula is C13H21N4O6. The molecule has 10 nitrogen and oxygen atoms in total. The van der Waals surface area contributed by atoms with Crippen molar-refractivity contribution in [3.05, 3.63) is 16.6 Å². The lowest BCUT2D eigenvalue weighted by molar-refractivity contribution is -0.0564. The molecule has 1 saturated heterocycles. The second-order valence-electron chi connectivity index (χ2n) is 6.39. The van der Waals surface area contributed by atoms with Crippen LogP contribution >= 0.6 is 0 Å². The molecule has 0 spiro atoms. The Morgan fingerprint density at radius 1 is 1.39 bits per heavy atom. The monoisotopic (exact) mass is 329 g/mol. The van der Waals surface area contributed by atoms with Crippen LogP contribution in [0.2, 0.25) is 0 Å². The molecule has 4 atom stereocenters. The van der Waals surface area contributed by atoms with Gasteiger partial charge in [-0.1, -0.05) is 5.21 Å². The minimum absolute atomic E-state index is 0.155. The van der Waals surface area contributed by atoms with E-state index in [0.29, 0.717) is 5.06 Å². The summed E-state index contributed by atoms with van der Waals surface area (Å²) in [5, 5.41) is 42.1. The molecule has 2 heterocycles. The van der Waals surface area contributed by atoms with Gasteiger partial charge in [0.15, 0.2) is 6.23 Å². The topological polar surface area (TPSA) is 154 Å². The summed E-state index contributed by atoms with van der Waals surface area (Å²) in [6.45, 7) is 4.33. The van der Waals surface area contributed by atoms with E-state index in [1.165, 1.54) is 6.07 Å². The van der Waals surface area contributed by atoms with E-state index in [0.717, 1.165) is 4.57 Å². The number of nitrogen functional groups attached to an aromatic ring is 1. The van der Waals surface area contributed by atoms with Gasteiger partial charge >= 0.3 is 5.69 Å². The summed E-state index contributed by atoms with van der Waals surface area (Å²) in [6, 6.07) is 1.19. The molecule has 2 rings (SSSR count). The number of aliphatic hydroxyl groups is 3. The molecule has 0 unspecified atom stereocenters. The van der Waals surface area contributed by atoms with Crippen LogP contribution in [0.1, 0.15) is 27.0 Å². The molecule has 1 aliphatic heterocycles. The second kappa shape index (κ2) is 6.06. The van der Waals surface area contributed by atoms with E-state index in [2.05, 4.69) is 4.98 Å². The van der Waals surface area contributed by atoms with Gasteiger partial charge in [0.05, 0.1) is 12.1 Å². The highest BCUT2D eigenvalue weighted by Gasteiger charge is 2.45. The lowest BCUT2D eigenvalue weighted by Crippen LogP contribution is -2.44. The first-order valence-electron chi connectivity index (χ1n) is 7.06. The van der Waals surface area contributed by atoms with Gasteiger partial charge in [-0.15, -0.1) is 0 Å². The van der Waals surface area contributed by atoms with Crippen LogP contribution in [0.5, 0.6) is 0 Å². The highest BCUT2D eigenvalue weighted by Crippen LogP contribution is 2.33. The number of nitrogens with zero attached hydrogens (tertiary/aromatic N) is 3. The van der Waals surface area contributed by atoms with Gasteiger partial charge in [-0.05, 0) is 20.8 Å². The van der Waals surface area contributed by atoms with Gasteiger partial charge in [0.2, 0.25) is 0 Å². The van der Waals surface area contributed by atoms with Gasteiger partial charge in [0, 0.05) is 6.07 Å². The number of anilines is 2. The summed E-state index contributed by atoms with van der Waals surface area (Å²) >= 11 is 0. The van der Waals surface area contributed by atoms with E-state index in [1.807, 2.05) is 0 Å². The highest BCUT2D eigenvalue weighted by molar-refractivity contribution is 5.47. The third kappa shape index (κ3) is 3.16. The van der Waals surface area contributed by atoms with E-state index >= 15 is 0 Å². The molecule has 129 valence electrons. The van der Waals surface area contributed by atoms with E-state index in [-0.39, 0.29) is 11.6 Å². The average molecular weight is 329 g/mol. The smallest absolute Gasteiger partial charge is 0.353 e. The van der Waals surface area contributed by atoms with Crippen molar-refractivity contribution < 1.29 is 25.3 Å². The molecule has 10 heteroatoms. The van der Waals surface area contributed by atoms with Crippen molar-refractivity contribution >= 4 is 11.6 Å². The zero-order valence-electron chi connectivity index (χ0n) is 13.1. The Bertz CT molecular complexity index is 628. The Morgan fingerprint density at radius 3 is 2.48 bits per heavy atom. The fourth-order valence-corrected chi connectivity index (χ4v) is 2.33. The molecule has 1 radical (unpaired) electrons. The van der Waals surface area contributed by atoms with Gasteiger partial charge < -0.3 is 25.8 Å². The number of ether oxygens (including phenoxy) is 1. The molecule has 5 N–H and O–H groups in total. The SMILES string of the molecule is CC(C)(C)N([O])c1cc(N)nc(=O)n1[C@@H]1O[C@H](CO)[C@@H](O)[C@H]1O. The van der Waals surface area contributed by atoms with Crippen molar-refractivity contribution in [2.45, 2.75) is 50.8 Å². The van der Waals surface area contributed by atoms with E-state index in [9.17, 15) is 20.2 Å². The number of hydroxylamine groups is 1. The molecule has 1 aliphatic rings. The summed E-state index contributed by atoms with van der Waals surface area (Å²) in [5.74, 6) is -0.317. The predicted molar refractivity (Wildman–Crippen MR) is 78.8 cm³/mol. The van der Waals surface area contributed by atoms with Gasteiger partial charge in [-0.2, -0.15) is 10.0 Å². The molecule has 1 fully saturated rings. The van der Waals surface area contributed by atoms with Crippen LogP contribution in [-0.2, 0) is 9.94 Å². The summed E-state index contributed by atoms with van der Waals surface area (Å²) in [5.41, 5.74) is 3.74. The number of hydrogen-bond acceptors (Lipinski definition) is 8. The number of rotatable bonds is 3. The molecule has 1 aromatic heterocycles. The fourth-order valence-electron chi connectivity index (χ4n) is 2.33. The van der Waals surface area contributed by atoms with E-state index in [1.54, 1.807) is 20.8 Å². The van der Waals surface area contributed by atoms with Crippen molar-refractivity contribution in [3.8, 4) is 0 Å². The first-order chi connectivity index (χ1) is 10.6. The third-order valence-electron chi connectivity index (χ3n) is 3.54. The van der Waals surface area contributed by atoms with Crippen LogP contribution in [-0.4, -0.2) is 55.3 Å². The van der Waals surface area contributed by atoms with Crippen LogP contribution in [0.25, 0.3) is 0 Å². The largest absolute Gasteiger partial charge is 0.394 e. The quantitative estimate of drug-likeness (QED) is 0.483. The number of hydrogen-bond donors (Lipinski definition) is 4. The molecule has 0 saturated carbocycles. The third-order valence-corrected chi connectivity index (χ3v) is 3.54. The maximum Gasteiger partial charge on any atom is 0.353 e. The minimum Gasteiger partial charge on any atom is -0.394 e. The maximum atomic E-state index is 12.5. The van der Waals surface area contributed by atoms with Crippen LogP contribution < -0.4 is 16.5 Å². The molecule has 23 heavy (non-hydrogen) atoms. The Balaban J connectivity index is 2.57. The lowest BCUT2D eigenvalue weighted by atomic mass is 10.1. The van der Waals surface area contributed by atoms with Crippen molar-refractivity contribution in [1.29, 1.82) is 0 Å². The summed E-state index contributed by atoms with van der Waals surface area (Å²) in [7, 11) is 0. The van der Waals surface area contributed by atoms with Crippen molar-refractivity contribution in [1.82, 2.24) is 9.55 Å². The normalized spacial score (nSPS) is 28.1. The van der Waals surface area contributed by atoms with Crippen molar-refractivity contribution in [3.63, 3.8) is 0 Å². The number of aromatic nitrogens is 2. The summed E-state index contributed by atoms with van der Waals surface area (Å²) < 4.78 is 6.14. The molecule has 0 bridgehead atoms. The number of aliphatic hydroxyl groups excluding tert-OH is 3. The molecule has 0 amide bonds. The fraction of sp³-hybridized carbons (Fsp3) is 0.692. The standard InChI is InChI=1S/C13H21N4O6/c1-13(2,3)17(22)8-4-7(14)15-12(21)16(8)11-10(20)9(19)6(5-18)23-11/h4,6,9-11,18-20H,5H2,1-3H3,(H2,14,15,21)/t6-,9-,10-,11-/m1/s1.